The Labute approximate surface area is 237 Å². The molecule has 1 saturated heterocycles. The Morgan fingerprint density at radius 1 is 1.19 bits per heavy atom. The van der Waals surface area contributed by atoms with Gasteiger partial charge in [-0.1, -0.05) is 6.07 Å². The van der Waals surface area contributed by atoms with Gasteiger partial charge in [-0.05, 0) is 51.1 Å². The number of carbonyl (C=O) groups is 4. The van der Waals surface area contributed by atoms with Crippen molar-refractivity contribution >= 4 is 23.9 Å². The topological polar surface area (TPSA) is 169 Å². The fourth-order valence-corrected chi connectivity index (χ4v) is 6.30. The van der Waals surface area contributed by atoms with E-state index in [1.165, 1.54) is 6.92 Å². The van der Waals surface area contributed by atoms with Crippen LogP contribution in [-0.4, -0.2) is 94.8 Å². The van der Waals surface area contributed by atoms with Gasteiger partial charge in [-0.2, -0.15) is 13.2 Å². The van der Waals surface area contributed by atoms with Gasteiger partial charge in [0.05, 0.1) is 31.0 Å². The van der Waals surface area contributed by atoms with Crippen LogP contribution in [0.5, 0.6) is 11.5 Å². The third-order valence-electron chi connectivity index (χ3n) is 8.20. The molecule has 3 N–H and O–H groups in total. The first-order valence-electron chi connectivity index (χ1n) is 13.0. The van der Waals surface area contributed by atoms with Crippen molar-refractivity contribution in [3.63, 3.8) is 0 Å². The first-order valence-corrected chi connectivity index (χ1v) is 13.0. The highest BCUT2D eigenvalue weighted by molar-refractivity contribution is 5.81. The molecule has 42 heavy (non-hydrogen) atoms. The van der Waals surface area contributed by atoms with E-state index >= 15 is 0 Å². The minimum Gasteiger partial charge on any atom is -0.493 e. The molecular formula is C27H30F3NO11. The number of nitrogens with zero attached hydrogens (tertiary/aromatic N) is 1. The lowest BCUT2D eigenvalue weighted by Gasteiger charge is -2.61. The molecule has 2 bridgehead atoms. The molecule has 15 heteroatoms. The van der Waals surface area contributed by atoms with Crippen LogP contribution in [0.4, 0.5) is 13.2 Å². The first kappa shape index (κ1) is 31.1. The van der Waals surface area contributed by atoms with Crippen molar-refractivity contribution in [1.82, 2.24) is 4.90 Å². The second-order valence-corrected chi connectivity index (χ2v) is 10.5. The number of rotatable bonds is 7. The van der Waals surface area contributed by atoms with Crippen molar-refractivity contribution in [2.75, 3.05) is 20.7 Å². The van der Waals surface area contributed by atoms with Crippen molar-refractivity contribution in [3.05, 3.63) is 35.1 Å². The zero-order valence-electron chi connectivity index (χ0n) is 22.9. The number of halogens is 3. The molecule has 1 fully saturated rings. The highest BCUT2D eigenvalue weighted by atomic mass is 19.4. The molecular weight excluding hydrogens is 571 g/mol. The number of likely N-dealkylation sites (tertiary alicyclic amines) is 1. The average molecular weight is 602 g/mol. The smallest absolute Gasteiger partial charge is 0.490 e. The Bertz CT molecular complexity index is 1330. The molecule has 1 spiro atoms. The van der Waals surface area contributed by atoms with Crippen LogP contribution < -0.4 is 9.47 Å². The highest BCUT2D eigenvalue weighted by Crippen LogP contribution is 2.65. The van der Waals surface area contributed by atoms with E-state index in [2.05, 4.69) is 4.90 Å². The molecule has 0 saturated carbocycles. The number of methoxy groups -OCH3 is 1. The lowest BCUT2D eigenvalue weighted by molar-refractivity contribution is -0.192. The molecule has 5 rings (SSSR count). The molecule has 4 aliphatic rings. The van der Waals surface area contributed by atoms with E-state index in [9.17, 15) is 32.7 Å². The van der Waals surface area contributed by atoms with Gasteiger partial charge < -0.3 is 39.2 Å². The van der Waals surface area contributed by atoms with Crippen LogP contribution in [0.2, 0.25) is 0 Å². The third-order valence-corrected chi connectivity index (χ3v) is 8.20. The minimum absolute atomic E-state index is 0.128. The lowest BCUT2D eigenvalue weighted by atomic mass is 9.50. The quantitative estimate of drug-likeness (QED) is 0.389. The lowest BCUT2D eigenvalue weighted by Crippen LogP contribution is -2.74. The molecule has 0 radical (unpaired) electrons. The van der Waals surface area contributed by atoms with Gasteiger partial charge in [0.25, 0.3) is 0 Å². The number of likely N-dealkylation sites (N-methyl/N-ethyl adjacent to an activating group) is 1. The van der Waals surface area contributed by atoms with Crippen LogP contribution in [-0.2, 0) is 40.5 Å². The van der Waals surface area contributed by atoms with Gasteiger partial charge in [0.2, 0.25) is 0 Å². The number of carboxylic acids is 2. The second-order valence-electron chi connectivity index (χ2n) is 10.5. The summed E-state index contributed by atoms with van der Waals surface area (Å²) in [7, 11) is 3.57. The average Bonchev–Trinajstić information content (AvgIpc) is 3.26. The van der Waals surface area contributed by atoms with E-state index in [-0.39, 0.29) is 31.1 Å². The number of aliphatic carboxylic acids is 2. The summed E-state index contributed by atoms with van der Waals surface area (Å²) in [6.07, 6.45) is -4.57. The molecule has 2 aliphatic heterocycles. The Balaban J connectivity index is 0.000000517. The molecule has 12 nitrogen and oxygen atoms in total. The van der Waals surface area contributed by atoms with Gasteiger partial charge in [-0.15, -0.1) is 0 Å². The predicted molar refractivity (Wildman–Crippen MR) is 134 cm³/mol. The summed E-state index contributed by atoms with van der Waals surface area (Å²) in [5.41, 5.74) is 0.0642. The largest absolute Gasteiger partial charge is 0.493 e. The zero-order valence-corrected chi connectivity index (χ0v) is 22.9. The monoisotopic (exact) mass is 601 g/mol. The Morgan fingerprint density at radius 2 is 1.86 bits per heavy atom. The number of piperidine rings is 1. The highest BCUT2D eigenvalue weighted by Gasteiger charge is 2.72. The Morgan fingerprint density at radius 3 is 2.45 bits per heavy atom. The van der Waals surface area contributed by atoms with E-state index in [0.29, 0.717) is 24.3 Å². The molecule has 230 valence electrons. The van der Waals surface area contributed by atoms with Crippen LogP contribution in [0.15, 0.2) is 24.0 Å². The van der Waals surface area contributed by atoms with Crippen LogP contribution in [0.3, 0.4) is 0 Å². The summed E-state index contributed by atoms with van der Waals surface area (Å²) >= 11 is 0. The zero-order chi connectivity index (χ0) is 31.2. The summed E-state index contributed by atoms with van der Waals surface area (Å²) in [6, 6.07) is 3.74. The standard InChI is InChI=1S/C25H29NO9.C2HF3O2/c1-13(33-19(29)7-6-18(27)28)23(30)34-16-8-9-25(31)17-12-14-4-5-15(32-3)21-20(14)24(25,22(16)35-21)10-11-26(17)2;3-2(4,5)1(6)7/h4-5,8,13,17,22,31H,6-7,9-12H2,1-3H3,(H,27,28);(H,6,7)/t13-,17+,22-,24-,25+;/m0./s1. The van der Waals surface area contributed by atoms with Gasteiger partial charge in [0.1, 0.15) is 5.76 Å². The fourth-order valence-electron chi connectivity index (χ4n) is 6.30. The normalized spacial score (nSPS) is 27.6. The number of hydrogen-bond acceptors (Lipinski definition) is 10. The Kier molecular flexibility index (Phi) is 8.21. The van der Waals surface area contributed by atoms with Crippen LogP contribution in [0, 0.1) is 0 Å². The van der Waals surface area contributed by atoms with Gasteiger partial charge >= 0.3 is 30.1 Å². The van der Waals surface area contributed by atoms with E-state index in [1.54, 1.807) is 13.2 Å². The van der Waals surface area contributed by atoms with E-state index in [1.807, 2.05) is 19.2 Å². The molecule has 0 unspecified atom stereocenters. The minimum atomic E-state index is -5.08. The van der Waals surface area contributed by atoms with Crippen LogP contribution in [0.1, 0.15) is 43.7 Å². The predicted octanol–water partition coefficient (Wildman–Crippen LogP) is 1.95. The summed E-state index contributed by atoms with van der Waals surface area (Å²) < 4.78 is 54.5. The Hall–Kier alpha value is -3.85. The molecule has 0 aromatic heterocycles. The summed E-state index contributed by atoms with van der Waals surface area (Å²) in [6.45, 7) is 2.11. The number of aliphatic hydroxyl groups is 1. The van der Waals surface area contributed by atoms with Gasteiger partial charge in [0, 0.05) is 18.0 Å². The summed E-state index contributed by atoms with van der Waals surface area (Å²) in [5.74, 6) is -4.10. The third kappa shape index (κ3) is 5.15. The number of ether oxygens (including phenoxy) is 4. The second kappa shape index (κ2) is 11.1. The number of esters is 2. The number of carboxylic acid groups (broad SMARTS) is 2. The van der Waals surface area contributed by atoms with Crippen molar-refractivity contribution in [2.24, 2.45) is 0 Å². The maximum atomic E-state index is 12.8. The number of carbonyl (C=O) groups excluding carboxylic acids is 2. The SMILES string of the molecule is COc1ccc2c3c1O[C@H]1C(OC(=O)[C@H](C)OC(=O)CCC(=O)O)=CC[C@@]4(O)[C@@H](C2)N(C)CC[C@]314.O=C(O)C(F)(F)F. The fraction of sp³-hybridized carbons (Fsp3) is 0.556. The van der Waals surface area contributed by atoms with Crippen LogP contribution in [0.25, 0.3) is 0 Å². The van der Waals surface area contributed by atoms with Gasteiger partial charge in [-0.3, -0.25) is 9.59 Å². The molecule has 0 amide bonds. The van der Waals surface area contributed by atoms with Crippen molar-refractivity contribution < 1.29 is 66.6 Å². The molecule has 2 aliphatic carbocycles. The van der Waals surface area contributed by atoms with Crippen molar-refractivity contribution in [2.45, 2.75) is 74.5 Å². The number of benzene rings is 1. The first-order chi connectivity index (χ1) is 19.6. The number of alkyl halides is 3. The van der Waals surface area contributed by atoms with E-state index in [0.717, 1.165) is 17.7 Å². The van der Waals surface area contributed by atoms with Crippen molar-refractivity contribution in [1.29, 1.82) is 0 Å². The maximum absolute atomic E-state index is 12.8. The molecule has 1 aromatic rings. The van der Waals surface area contributed by atoms with Gasteiger partial charge in [0.15, 0.2) is 23.7 Å². The molecule has 5 atom stereocenters. The van der Waals surface area contributed by atoms with E-state index < -0.39 is 53.3 Å². The summed E-state index contributed by atoms with van der Waals surface area (Å²) in [5, 5.41) is 28.0. The summed E-state index contributed by atoms with van der Waals surface area (Å²) in [4.78, 5) is 46.4. The van der Waals surface area contributed by atoms with Crippen LogP contribution >= 0.6 is 0 Å². The van der Waals surface area contributed by atoms with Gasteiger partial charge in [-0.25, -0.2) is 9.59 Å². The van der Waals surface area contributed by atoms with E-state index in [4.69, 9.17) is 34.0 Å². The molecule has 2 heterocycles. The number of hydrogen-bond donors (Lipinski definition) is 3. The maximum Gasteiger partial charge on any atom is 0.490 e. The van der Waals surface area contributed by atoms with Crippen molar-refractivity contribution in [3.8, 4) is 11.5 Å². The molecule has 1 aromatic carbocycles.